The van der Waals surface area contributed by atoms with Crippen molar-refractivity contribution in [3.8, 4) is 17.6 Å². The monoisotopic (exact) mass is 287 g/mol. The van der Waals surface area contributed by atoms with Crippen molar-refractivity contribution in [3.05, 3.63) is 41.5 Å². The van der Waals surface area contributed by atoms with Gasteiger partial charge < -0.3 is 9.47 Å². The summed E-state index contributed by atoms with van der Waals surface area (Å²) in [6.45, 7) is 0.703. The molecule has 0 saturated carbocycles. The van der Waals surface area contributed by atoms with Crippen LogP contribution in [0.4, 0.5) is 4.39 Å². The second-order valence-corrected chi connectivity index (χ2v) is 4.86. The zero-order valence-corrected chi connectivity index (χ0v) is 11.3. The van der Waals surface area contributed by atoms with E-state index in [9.17, 15) is 4.39 Å². The van der Waals surface area contributed by atoms with E-state index in [0.29, 0.717) is 12.4 Å². The molecule has 1 atom stereocenters. The van der Waals surface area contributed by atoms with Crippen molar-refractivity contribution >= 4 is 0 Å². The fourth-order valence-corrected chi connectivity index (χ4v) is 2.34. The van der Waals surface area contributed by atoms with Crippen LogP contribution < -0.4 is 4.74 Å². The molecule has 0 aliphatic carbocycles. The molecule has 1 aliphatic heterocycles. The average Bonchev–Trinajstić information content (AvgIpc) is 2.98. The van der Waals surface area contributed by atoms with Crippen molar-refractivity contribution in [1.29, 1.82) is 5.26 Å². The van der Waals surface area contributed by atoms with Crippen LogP contribution >= 0.6 is 0 Å². The highest BCUT2D eigenvalue weighted by molar-refractivity contribution is 5.39. The summed E-state index contributed by atoms with van der Waals surface area (Å²) in [5, 5.41) is 15.5. The lowest BCUT2D eigenvalue weighted by atomic mass is 10.1. The Kier molecular flexibility index (Phi) is 3.84. The van der Waals surface area contributed by atoms with E-state index in [4.69, 9.17) is 14.7 Å². The predicted octanol–water partition coefficient (Wildman–Crippen LogP) is 3.45. The van der Waals surface area contributed by atoms with E-state index in [1.165, 1.54) is 18.3 Å². The lowest BCUT2D eigenvalue weighted by molar-refractivity contribution is 0.0112. The molecule has 1 saturated heterocycles. The molecule has 0 radical (unpaired) electrons. The molecule has 6 heteroatoms. The number of rotatable bonds is 3. The minimum Gasteiger partial charge on any atom is -0.451 e. The number of nitrogens with one attached hydrogen (secondary N) is 1. The largest absolute Gasteiger partial charge is 0.451 e. The number of nitrogens with zero attached hydrogens (tertiary/aromatic N) is 2. The molecule has 0 bridgehead atoms. The molecule has 2 heterocycles. The molecule has 1 unspecified atom stereocenters. The number of hydrogen-bond donors (Lipinski definition) is 1. The van der Waals surface area contributed by atoms with E-state index in [-0.39, 0.29) is 17.4 Å². The SMILES string of the molecule is N#Cc1ccc(Oc2cn[nH]c2C2CCCCO2)c(F)c1. The van der Waals surface area contributed by atoms with Gasteiger partial charge in [-0.1, -0.05) is 0 Å². The molecule has 21 heavy (non-hydrogen) atoms. The zero-order valence-electron chi connectivity index (χ0n) is 11.3. The topological polar surface area (TPSA) is 70.9 Å². The van der Waals surface area contributed by atoms with Gasteiger partial charge in [0, 0.05) is 6.61 Å². The summed E-state index contributed by atoms with van der Waals surface area (Å²) >= 11 is 0. The smallest absolute Gasteiger partial charge is 0.171 e. The van der Waals surface area contributed by atoms with E-state index in [1.807, 2.05) is 6.07 Å². The summed E-state index contributed by atoms with van der Waals surface area (Å²) in [5.41, 5.74) is 0.973. The van der Waals surface area contributed by atoms with E-state index in [0.717, 1.165) is 31.0 Å². The highest BCUT2D eigenvalue weighted by Gasteiger charge is 2.22. The van der Waals surface area contributed by atoms with E-state index in [2.05, 4.69) is 10.2 Å². The maximum Gasteiger partial charge on any atom is 0.171 e. The Morgan fingerprint density at radius 1 is 1.38 bits per heavy atom. The second kappa shape index (κ2) is 5.94. The van der Waals surface area contributed by atoms with Crippen molar-refractivity contribution in [2.75, 3.05) is 6.61 Å². The standard InChI is InChI=1S/C15H14FN3O2/c16-11-7-10(8-17)4-5-12(11)21-14-9-18-19-15(14)13-3-1-2-6-20-13/h4-5,7,9,13H,1-3,6H2,(H,18,19). The third kappa shape index (κ3) is 2.88. The molecule has 1 aliphatic rings. The van der Waals surface area contributed by atoms with E-state index in [1.54, 1.807) is 0 Å². The van der Waals surface area contributed by atoms with Crippen LogP contribution in [0.3, 0.4) is 0 Å². The molecule has 1 fully saturated rings. The highest BCUT2D eigenvalue weighted by Crippen LogP contribution is 2.35. The van der Waals surface area contributed by atoms with Crippen molar-refractivity contribution in [2.45, 2.75) is 25.4 Å². The maximum atomic E-state index is 13.9. The Labute approximate surface area is 121 Å². The lowest BCUT2D eigenvalue weighted by Gasteiger charge is -2.22. The number of benzene rings is 1. The summed E-state index contributed by atoms with van der Waals surface area (Å²) in [4.78, 5) is 0. The van der Waals surface area contributed by atoms with Crippen LogP contribution in [-0.2, 0) is 4.74 Å². The van der Waals surface area contributed by atoms with Gasteiger partial charge in [0.25, 0.3) is 0 Å². The van der Waals surface area contributed by atoms with Gasteiger partial charge in [0.15, 0.2) is 17.3 Å². The van der Waals surface area contributed by atoms with E-state index < -0.39 is 5.82 Å². The summed E-state index contributed by atoms with van der Waals surface area (Å²) in [6.07, 6.45) is 4.41. The summed E-state index contributed by atoms with van der Waals surface area (Å²) < 4.78 is 25.1. The summed E-state index contributed by atoms with van der Waals surface area (Å²) in [7, 11) is 0. The summed E-state index contributed by atoms with van der Waals surface area (Å²) in [6, 6.07) is 5.97. The number of H-pyrrole nitrogens is 1. The van der Waals surface area contributed by atoms with Gasteiger partial charge in [-0.05, 0) is 37.5 Å². The Bertz CT molecular complexity index is 672. The van der Waals surface area contributed by atoms with Gasteiger partial charge in [-0.15, -0.1) is 0 Å². The molecule has 1 N–H and O–H groups in total. The van der Waals surface area contributed by atoms with Gasteiger partial charge in [0.2, 0.25) is 0 Å². The number of halogens is 1. The van der Waals surface area contributed by atoms with Crippen LogP contribution in [0.2, 0.25) is 0 Å². The maximum absolute atomic E-state index is 13.9. The third-order valence-corrected chi connectivity index (χ3v) is 3.41. The van der Waals surface area contributed by atoms with Crippen LogP contribution in [0.15, 0.2) is 24.4 Å². The molecule has 0 amide bonds. The number of nitriles is 1. The summed E-state index contributed by atoms with van der Waals surface area (Å²) in [5.74, 6) is -0.0660. The molecule has 1 aromatic carbocycles. The van der Waals surface area contributed by atoms with Gasteiger partial charge in [0.1, 0.15) is 11.8 Å². The first kappa shape index (κ1) is 13.6. The molecule has 3 rings (SSSR count). The number of aromatic nitrogens is 2. The van der Waals surface area contributed by atoms with Crippen LogP contribution in [0.25, 0.3) is 0 Å². The molecule has 108 valence electrons. The van der Waals surface area contributed by atoms with Crippen LogP contribution in [0.1, 0.15) is 36.6 Å². The van der Waals surface area contributed by atoms with Gasteiger partial charge in [-0.3, -0.25) is 5.10 Å². The molecular formula is C15H14FN3O2. The number of ether oxygens (including phenoxy) is 2. The molecule has 0 spiro atoms. The van der Waals surface area contributed by atoms with Crippen LogP contribution in [-0.4, -0.2) is 16.8 Å². The highest BCUT2D eigenvalue weighted by atomic mass is 19.1. The van der Waals surface area contributed by atoms with Crippen LogP contribution in [0.5, 0.6) is 11.5 Å². The third-order valence-electron chi connectivity index (χ3n) is 3.41. The van der Waals surface area contributed by atoms with E-state index >= 15 is 0 Å². The van der Waals surface area contributed by atoms with Crippen LogP contribution in [0, 0.1) is 17.1 Å². The Morgan fingerprint density at radius 3 is 3.00 bits per heavy atom. The average molecular weight is 287 g/mol. The van der Waals surface area contributed by atoms with Gasteiger partial charge in [-0.2, -0.15) is 10.4 Å². The first-order valence-electron chi connectivity index (χ1n) is 6.80. The van der Waals surface area contributed by atoms with Gasteiger partial charge >= 0.3 is 0 Å². The second-order valence-electron chi connectivity index (χ2n) is 4.86. The lowest BCUT2D eigenvalue weighted by Crippen LogP contribution is -2.12. The normalized spacial score (nSPS) is 18.2. The minimum absolute atomic E-state index is 0.0625. The van der Waals surface area contributed by atoms with Crippen molar-refractivity contribution in [2.24, 2.45) is 0 Å². The van der Waals surface area contributed by atoms with Gasteiger partial charge in [0.05, 0.1) is 17.8 Å². The fraction of sp³-hybridized carbons (Fsp3) is 0.333. The Hall–Kier alpha value is -2.39. The quantitative estimate of drug-likeness (QED) is 0.938. The fourth-order valence-electron chi connectivity index (χ4n) is 2.34. The minimum atomic E-state index is -0.578. The van der Waals surface area contributed by atoms with Gasteiger partial charge in [-0.25, -0.2) is 4.39 Å². The van der Waals surface area contributed by atoms with Crippen molar-refractivity contribution < 1.29 is 13.9 Å². The first-order chi connectivity index (χ1) is 10.3. The molecule has 1 aromatic heterocycles. The Balaban J connectivity index is 1.82. The van der Waals surface area contributed by atoms with Crippen molar-refractivity contribution in [1.82, 2.24) is 10.2 Å². The zero-order chi connectivity index (χ0) is 14.7. The number of hydrogen-bond acceptors (Lipinski definition) is 4. The molecule has 5 nitrogen and oxygen atoms in total. The first-order valence-corrected chi connectivity index (χ1v) is 6.80. The molecule has 2 aromatic rings. The predicted molar refractivity (Wildman–Crippen MR) is 72.3 cm³/mol. The van der Waals surface area contributed by atoms with Crippen molar-refractivity contribution in [3.63, 3.8) is 0 Å². The Morgan fingerprint density at radius 2 is 2.29 bits per heavy atom. The molecular weight excluding hydrogens is 273 g/mol. The number of aromatic amines is 1.